The van der Waals surface area contributed by atoms with E-state index in [1.54, 1.807) is 41.4 Å². The maximum Gasteiger partial charge on any atom is 0.265 e. The number of amides is 2. The normalized spacial score (nSPS) is 14.0. The van der Waals surface area contributed by atoms with Crippen LogP contribution >= 0.6 is 0 Å². The molecular formula is C16H16N4O3. The van der Waals surface area contributed by atoms with Gasteiger partial charge < -0.3 is 9.64 Å². The number of nitrogens with one attached hydrogen (secondary N) is 1. The fraction of sp³-hybridized carbons (Fsp3) is 0.188. The van der Waals surface area contributed by atoms with Crippen molar-refractivity contribution in [2.75, 3.05) is 11.4 Å². The Morgan fingerprint density at radius 3 is 2.57 bits per heavy atom. The fourth-order valence-electron chi connectivity index (χ4n) is 2.39. The lowest BCUT2D eigenvalue weighted by Gasteiger charge is -2.15. The first kappa shape index (κ1) is 15.0. The number of hydrogen-bond donors (Lipinski definition) is 2. The zero-order valence-corrected chi connectivity index (χ0v) is 12.4. The summed E-state index contributed by atoms with van der Waals surface area (Å²) in [5.74, 6) is 5.79. The summed E-state index contributed by atoms with van der Waals surface area (Å²) in [6.45, 7) is 0.728. The predicted molar refractivity (Wildman–Crippen MR) is 84.0 cm³/mol. The van der Waals surface area contributed by atoms with Crippen molar-refractivity contribution in [3.8, 4) is 11.6 Å². The number of hydrazine groups is 1. The van der Waals surface area contributed by atoms with E-state index in [1.807, 2.05) is 6.07 Å². The molecule has 0 unspecified atom stereocenters. The molecule has 1 saturated heterocycles. The average molecular weight is 312 g/mol. The maximum atomic E-state index is 11.7. The minimum atomic E-state index is -0.366. The molecule has 23 heavy (non-hydrogen) atoms. The Morgan fingerprint density at radius 2 is 2.00 bits per heavy atom. The number of benzene rings is 1. The SMILES string of the molecule is NNC(=O)c1ccc(Oc2ccc(N3CCCC3=O)cn2)cc1. The van der Waals surface area contributed by atoms with Crippen LogP contribution in [0.25, 0.3) is 0 Å². The summed E-state index contributed by atoms with van der Waals surface area (Å²) in [6, 6.07) is 10.0. The van der Waals surface area contributed by atoms with Gasteiger partial charge in [0, 0.05) is 24.6 Å². The van der Waals surface area contributed by atoms with E-state index in [0.29, 0.717) is 23.6 Å². The second kappa shape index (κ2) is 6.45. The molecule has 2 aromatic rings. The molecule has 7 heteroatoms. The topological polar surface area (TPSA) is 97.5 Å². The molecule has 0 atom stereocenters. The lowest BCUT2D eigenvalue weighted by molar-refractivity contribution is -0.117. The quantitative estimate of drug-likeness (QED) is 0.508. The van der Waals surface area contributed by atoms with Crippen LogP contribution in [0.1, 0.15) is 23.2 Å². The number of hydrogen-bond acceptors (Lipinski definition) is 5. The maximum absolute atomic E-state index is 11.7. The number of pyridine rings is 1. The number of nitrogens with two attached hydrogens (primary N) is 1. The van der Waals surface area contributed by atoms with Gasteiger partial charge in [0.2, 0.25) is 11.8 Å². The number of aromatic nitrogens is 1. The van der Waals surface area contributed by atoms with Crippen molar-refractivity contribution in [2.24, 2.45) is 5.84 Å². The van der Waals surface area contributed by atoms with E-state index in [1.165, 1.54) is 0 Å². The van der Waals surface area contributed by atoms with E-state index in [9.17, 15) is 9.59 Å². The van der Waals surface area contributed by atoms with Gasteiger partial charge in [-0.15, -0.1) is 0 Å². The Balaban J connectivity index is 1.68. The Morgan fingerprint density at radius 1 is 1.22 bits per heavy atom. The molecule has 1 aliphatic heterocycles. The van der Waals surface area contributed by atoms with E-state index in [2.05, 4.69) is 10.4 Å². The van der Waals surface area contributed by atoms with Crippen LogP contribution in [0.2, 0.25) is 0 Å². The van der Waals surface area contributed by atoms with Gasteiger partial charge in [-0.1, -0.05) is 0 Å². The molecule has 3 N–H and O–H groups in total. The number of anilines is 1. The molecular weight excluding hydrogens is 296 g/mol. The standard InChI is InChI=1S/C16H16N4O3/c17-19-16(22)11-3-6-13(7-4-11)23-14-8-5-12(10-18-14)20-9-1-2-15(20)21/h3-8,10H,1-2,9,17H2,(H,19,22). The lowest BCUT2D eigenvalue weighted by atomic mass is 10.2. The molecule has 0 radical (unpaired) electrons. The second-order valence-electron chi connectivity index (χ2n) is 5.10. The highest BCUT2D eigenvalue weighted by Gasteiger charge is 2.21. The van der Waals surface area contributed by atoms with Crippen LogP contribution in [-0.4, -0.2) is 23.3 Å². The third-order valence-electron chi connectivity index (χ3n) is 3.58. The van der Waals surface area contributed by atoms with Crippen molar-refractivity contribution in [3.63, 3.8) is 0 Å². The van der Waals surface area contributed by atoms with Gasteiger partial charge in [0.05, 0.1) is 11.9 Å². The Labute approximate surface area is 133 Å². The molecule has 7 nitrogen and oxygen atoms in total. The largest absolute Gasteiger partial charge is 0.439 e. The van der Waals surface area contributed by atoms with Gasteiger partial charge in [-0.05, 0) is 36.8 Å². The second-order valence-corrected chi connectivity index (χ2v) is 5.10. The summed E-state index contributed by atoms with van der Waals surface area (Å²) < 4.78 is 5.61. The highest BCUT2D eigenvalue weighted by atomic mass is 16.5. The minimum Gasteiger partial charge on any atom is -0.439 e. The minimum absolute atomic E-state index is 0.120. The molecule has 0 saturated carbocycles. The zero-order chi connectivity index (χ0) is 16.2. The highest BCUT2D eigenvalue weighted by Crippen LogP contribution is 2.24. The van der Waals surface area contributed by atoms with Gasteiger partial charge in [0.1, 0.15) is 5.75 Å². The Kier molecular flexibility index (Phi) is 4.20. The van der Waals surface area contributed by atoms with Crippen molar-refractivity contribution in [1.82, 2.24) is 10.4 Å². The molecule has 1 fully saturated rings. The zero-order valence-electron chi connectivity index (χ0n) is 12.4. The van der Waals surface area contributed by atoms with Crippen LogP contribution in [0.15, 0.2) is 42.6 Å². The number of ether oxygens (including phenoxy) is 1. The van der Waals surface area contributed by atoms with Crippen LogP contribution in [-0.2, 0) is 4.79 Å². The van der Waals surface area contributed by atoms with Gasteiger partial charge in [0.15, 0.2) is 0 Å². The first-order valence-electron chi connectivity index (χ1n) is 7.22. The molecule has 1 aromatic heterocycles. The van der Waals surface area contributed by atoms with Crippen LogP contribution < -0.4 is 20.9 Å². The third-order valence-corrected chi connectivity index (χ3v) is 3.58. The van der Waals surface area contributed by atoms with Gasteiger partial charge in [-0.25, -0.2) is 10.8 Å². The monoisotopic (exact) mass is 312 g/mol. The van der Waals surface area contributed by atoms with Crippen LogP contribution in [0.4, 0.5) is 5.69 Å². The highest BCUT2D eigenvalue weighted by molar-refractivity contribution is 5.95. The smallest absolute Gasteiger partial charge is 0.265 e. The molecule has 3 rings (SSSR count). The summed E-state index contributed by atoms with van der Waals surface area (Å²) >= 11 is 0. The molecule has 1 aliphatic rings. The fourth-order valence-corrected chi connectivity index (χ4v) is 2.39. The Bertz CT molecular complexity index is 713. The van der Waals surface area contributed by atoms with Crippen molar-refractivity contribution >= 4 is 17.5 Å². The van der Waals surface area contributed by atoms with Crippen LogP contribution in [0.3, 0.4) is 0 Å². The van der Waals surface area contributed by atoms with E-state index >= 15 is 0 Å². The number of nitrogen functional groups attached to an aromatic ring is 1. The summed E-state index contributed by atoms with van der Waals surface area (Å²) in [4.78, 5) is 29.0. The van der Waals surface area contributed by atoms with E-state index in [-0.39, 0.29) is 11.8 Å². The molecule has 2 amide bonds. The Hall–Kier alpha value is -2.93. The first-order chi connectivity index (χ1) is 11.2. The van der Waals surface area contributed by atoms with Gasteiger partial charge in [-0.3, -0.25) is 15.0 Å². The number of rotatable bonds is 4. The molecule has 118 valence electrons. The number of nitrogens with zero attached hydrogens (tertiary/aromatic N) is 2. The molecule has 0 bridgehead atoms. The predicted octanol–water partition coefficient (Wildman–Crippen LogP) is 1.60. The molecule has 2 heterocycles. The molecule has 0 spiro atoms. The van der Waals surface area contributed by atoms with Crippen LogP contribution in [0.5, 0.6) is 11.6 Å². The summed E-state index contributed by atoms with van der Waals surface area (Å²) in [7, 11) is 0. The van der Waals surface area contributed by atoms with Gasteiger partial charge in [0.25, 0.3) is 5.91 Å². The molecule has 1 aromatic carbocycles. The average Bonchev–Trinajstić information content (AvgIpc) is 3.01. The number of carbonyl (C=O) groups is 2. The van der Waals surface area contributed by atoms with E-state index < -0.39 is 0 Å². The van der Waals surface area contributed by atoms with E-state index in [0.717, 1.165) is 18.7 Å². The lowest BCUT2D eigenvalue weighted by Crippen LogP contribution is -2.29. The van der Waals surface area contributed by atoms with Gasteiger partial charge >= 0.3 is 0 Å². The first-order valence-corrected chi connectivity index (χ1v) is 7.22. The molecule has 0 aliphatic carbocycles. The van der Waals surface area contributed by atoms with Crippen molar-refractivity contribution in [2.45, 2.75) is 12.8 Å². The summed E-state index contributed by atoms with van der Waals surface area (Å²) in [6.07, 6.45) is 3.08. The van der Waals surface area contributed by atoms with Crippen molar-refractivity contribution in [3.05, 3.63) is 48.2 Å². The van der Waals surface area contributed by atoms with Gasteiger partial charge in [-0.2, -0.15) is 0 Å². The van der Waals surface area contributed by atoms with Crippen molar-refractivity contribution in [1.29, 1.82) is 0 Å². The number of carbonyl (C=O) groups excluding carboxylic acids is 2. The van der Waals surface area contributed by atoms with Crippen LogP contribution in [0, 0.1) is 0 Å². The summed E-state index contributed by atoms with van der Waals surface area (Å²) in [5.41, 5.74) is 3.28. The van der Waals surface area contributed by atoms with Crippen molar-refractivity contribution < 1.29 is 14.3 Å². The van der Waals surface area contributed by atoms with E-state index in [4.69, 9.17) is 10.6 Å². The third kappa shape index (κ3) is 3.29. The summed E-state index contributed by atoms with van der Waals surface area (Å²) in [5, 5.41) is 0.